The van der Waals surface area contributed by atoms with Gasteiger partial charge in [-0.25, -0.2) is 4.79 Å². The van der Waals surface area contributed by atoms with E-state index in [1.165, 1.54) is 0 Å². The number of carboxylic acid groups (broad SMARTS) is 1. The van der Waals surface area contributed by atoms with Crippen LogP contribution in [0.5, 0.6) is 0 Å². The number of fused-ring (bicyclic) bond motifs is 1. The minimum Gasteiger partial charge on any atom is -0.480 e. The minimum atomic E-state index is -0.998. The van der Waals surface area contributed by atoms with Crippen LogP contribution < -0.4 is 5.32 Å². The van der Waals surface area contributed by atoms with Gasteiger partial charge in [0, 0.05) is 23.6 Å². The fourth-order valence-electron chi connectivity index (χ4n) is 2.59. The second-order valence-corrected chi connectivity index (χ2v) is 5.52. The lowest BCUT2D eigenvalue weighted by Crippen LogP contribution is -2.45. The van der Waals surface area contributed by atoms with Gasteiger partial charge in [0.25, 0.3) is 5.91 Å². The number of aryl methyl sites for hydroxylation is 1. The smallest absolute Gasteiger partial charge is 0.326 e. The molecular formula is C17H22N2O3. The highest BCUT2D eigenvalue weighted by molar-refractivity contribution is 6.07. The van der Waals surface area contributed by atoms with Gasteiger partial charge in [0.05, 0.1) is 5.56 Å². The molecule has 5 nitrogen and oxygen atoms in total. The third kappa shape index (κ3) is 2.98. The minimum absolute atomic E-state index is 0.124. The number of amides is 1. The molecular weight excluding hydrogens is 280 g/mol. The van der Waals surface area contributed by atoms with Gasteiger partial charge in [0.2, 0.25) is 0 Å². The van der Waals surface area contributed by atoms with E-state index in [0.717, 1.165) is 17.4 Å². The van der Waals surface area contributed by atoms with Crippen molar-refractivity contribution in [1.82, 2.24) is 9.88 Å². The molecule has 0 aliphatic carbocycles. The molecule has 0 bridgehead atoms. The Bertz CT molecular complexity index is 690. The van der Waals surface area contributed by atoms with Crippen LogP contribution >= 0.6 is 0 Å². The van der Waals surface area contributed by atoms with Crippen molar-refractivity contribution in [2.24, 2.45) is 5.92 Å². The van der Waals surface area contributed by atoms with E-state index in [0.29, 0.717) is 12.0 Å². The van der Waals surface area contributed by atoms with Gasteiger partial charge in [0.15, 0.2) is 0 Å². The average molecular weight is 302 g/mol. The number of nitrogens with zero attached hydrogens (tertiary/aromatic N) is 1. The van der Waals surface area contributed by atoms with E-state index in [1.54, 1.807) is 6.20 Å². The number of carboxylic acids is 1. The number of benzene rings is 1. The first-order valence-corrected chi connectivity index (χ1v) is 7.61. The maximum atomic E-state index is 12.5. The van der Waals surface area contributed by atoms with E-state index in [4.69, 9.17) is 0 Å². The van der Waals surface area contributed by atoms with Crippen LogP contribution in [0, 0.1) is 5.92 Å². The number of rotatable bonds is 6. The second kappa shape index (κ2) is 6.64. The topological polar surface area (TPSA) is 71.3 Å². The fraction of sp³-hybridized carbons (Fsp3) is 0.412. The van der Waals surface area contributed by atoms with E-state index >= 15 is 0 Å². The van der Waals surface area contributed by atoms with Crippen molar-refractivity contribution in [3.05, 3.63) is 36.0 Å². The van der Waals surface area contributed by atoms with E-state index in [9.17, 15) is 14.7 Å². The predicted octanol–water partition coefficient (Wildman–Crippen LogP) is 2.89. The molecule has 0 fully saturated rings. The van der Waals surface area contributed by atoms with Gasteiger partial charge in [-0.15, -0.1) is 0 Å². The monoisotopic (exact) mass is 302 g/mol. The van der Waals surface area contributed by atoms with Crippen molar-refractivity contribution in [2.45, 2.75) is 39.8 Å². The van der Waals surface area contributed by atoms with Crippen LogP contribution in [0.15, 0.2) is 30.5 Å². The normalized spacial score (nSPS) is 13.8. The van der Waals surface area contributed by atoms with Crippen molar-refractivity contribution in [3.63, 3.8) is 0 Å². The molecule has 0 aliphatic rings. The van der Waals surface area contributed by atoms with Gasteiger partial charge in [-0.2, -0.15) is 0 Å². The van der Waals surface area contributed by atoms with Crippen molar-refractivity contribution in [1.29, 1.82) is 0 Å². The van der Waals surface area contributed by atoms with E-state index in [1.807, 2.05) is 49.6 Å². The first kappa shape index (κ1) is 16.1. The molecule has 2 atom stereocenters. The molecule has 1 aromatic carbocycles. The zero-order valence-electron chi connectivity index (χ0n) is 13.2. The van der Waals surface area contributed by atoms with E-state index < -0.39 is 12.0 Å². The SMILES string of the molecule is CC[C@H](C)[C@H](NC(=O)c1cn(CC)c2ccccc12)C(=O)O. The first-order chi connectivity index (χ1) is 10.5. The van der Waals surface area contributed by atoms with Gasteiger partial charge < -0.3 is 15.0 Å². The van der Waals surface area contributed by atoms with Crippen molar-refractivity contribution in [3.8, 4) is 0 Å². The highest BCUT2D eigenvalue weighted by atomic mass is 16.4. The number of carbonyl (C=O) groups is 2. The Morgan fingerprint density at radius 3 is 2.55 bits per heavy atom. The lowest BCUT2D eigenvalue weighted by molar-refractivity contribution is -0.140. The number of carbonyl (C=O) groups excluding carboxylic acids is 1. The van der Waals surface area contributed by atoms with Gasteiger partial charge >= 0.3 is 5.97 Å². The Morgan fingerprint density at radius 1 is 1.27 bits per heavy atom. The molecule has 1 aromatic heterocycles. The molecule has 2 aromatic rings. The largest absolute Gasteiger partial charge is 0.480 e. The maximum Gasteiger partial charge on any atom is 0.326 e. The van der Waals surface area contributed by atoms with Crippen LogP contribution in [0.4, 0.5) is 0 Å². The Morgan fingerprint density at radius 2 is 1.95 bits per heavy atom. The van der Waals surface area contributed by atoms with Crippen LogP contribution in [0.25, 0.3) is 10.9 Å². The summed E-state index contributed by atoms with van der Waals surface area (Å²) in [7, 11) is 0. The summed E-state index contributed by atoms with van der Waals surface area (Å²) in [4.78, 5) is 23.9. The number of para-hydroxylation sites is 1. The summed E-state index contributed by atoms with van der Waals surface area (Å²) < 4.78 is 1.99. The zero-order valence-corrected chi connectivity index (χ0v) is 13.2. The number of aromatic nitrogens is 1. The molecule has 22 heavy (non-hydrogen) atoms. The molecule has 1 heterocycles. The molecule has 2 rings (SSSR count). The van der Waals surface area contributed by atoms with Crippen LogP contribution in [-0.2, 0) is 11.3 Å². The third-order valence-electron chi connectivity index (χ3n) is 4.14. The van der Waals surface area contributed by atoms with Crippen LogP contribution in [0.3, 0.4) is 0 Å². The predicted molar refractivity (Wildman–Crippen MR) is 86.0 cm³/mol. The number of nitrogens with one attached hydrogen (secondary N) is 1. The van der Waals surface area contributed by atoms with Gasteiger partial charge in [-0.1, -0.05) is 38.5 Å². The standard InChI is InChI=1S/C17H22N2O3/c1-4-11(3)15(17(21)22)18-16(20)13-10-19(5-2)14-9-7-6-8-12(13)14/h6-11,15H,4-5H2,1-3H3,(H,18,20)(H,21,22)/t11-,15-/m0/s1. The summed E-state index contributed by atoms with van der Waals surface area (Å²) in [6.45, 7) is 6.50. The molecule has 5 heteroatoms. The molecule has 0 unspecified atom stereocenters. The summed E-state index contributed by atoms with van der Waals surface area (Å²) in [5.74, 6) is -1.46. The summed E-state index contributed by atoms with van der Waals surface area (Å²) >= 11 is 0. The molecule has 118 valence electrons. The van der Waals surface area contributed by atoms with Crippen molar-refractivity contribution in [2.75, 3.05) is 0 Å². The number of aliphatic carboxylic acids is 1. The summed E-state index contributed by atoms with van der Waals surface area (Å²) in [5, 5.41) is 12.8. The summed E-state index contributed by atoms with van der Waals surface area (Å²) in [5.41, 5.74) is 1.50. The van der Waals surface area contributed by atoms with Crippen LogP contribution in [0.2, 0.25) is 0 Å². The Kier molecular flexibility index (Phi) is 4.85. The zero-order chi connectivity index (χ0) is 16.3. The van der Waals surface area contributed by atoms with Gasteiger partial charge in [0.1, 0.15) is 6.04 Å². The maximum absolute atomic E-state index is 12.5. The van der Waals surface area contributed by atoms with Gasteiger partial charge in [-0.05, 0) is 18.9 Å². The summed E-state index contributed by atoms with van der Waals surface area (Å²) in [6.07, 6.45) is 2.48. The molecule has 1 amide bonds. The van der Waals surface area contributed by atoms with Crippen molar-refractivity contribution >= 4 is 22.8 Å². The highest BCUT2D eigenvalue weighted by Crippen LogP contribution is 2.21. The highest BCUT2D eigenvalue weighted by Gasteiger charge is 2.26. The van der Waals surface area contributed by atoms with E-state index in [-0.39, 0.29) is 11.8 Å². The number of hydrogen-bond donors (Lipinski definition) is 2. The lowest BCUT2D eigenvalue weighted by atomic mass is 9.99. The Hall–Kier alpha value is -2.30. The van der Waals surface area contributed by atoms with E-state index in [2.05, 4.69) is 5.32 Å². The van der Waals surface area contributed by atoms with Crippen molar-refractivity contribution < 1.29 is 14.7 Å². The average Bonchev–Trinajstić information content (AvgIpc) is 2.90. The molecule has 0 radical (unpaired) electrons. The summed E-state index contributed by atoms with van der Waals surface area (Å²) in [6, 6.07) is 6.77. The first-order valence-electron chi connectivity index (χ1n) is 7.61. The quantitative estimate of drug-likeness (QED) is 0.862. The fourth-order valence-corrected chi connectivity index (χ4v) is 2.59. The Balaban J connectivity index is 2.35. The molecule has 2 N–H and O–H groups in total. The molecule has 0 saturated heterocycles. The van der Waals surface area contributed by atoms with Gasteiger partial charge in [-0.3, -0.25) is 4.79 Å². The Labute approximate surface area is 129 Å². The second-order valence-electron chi connectivity index (χ2n) is 5.52. The molecule has 0 aliphatic heterocycles. The lowest BCUT2D eigenvalue weighted by Gasteiger charge is -2.19. The van der Waals surface area contributed by atoms with Crippen LogP contribution in [-0.4, -0.2) is 27.6 Å². The molecule has 0 spiro atoms. The number of hydrogen-bond acceptors (Lipinski definition) is 2. The molecule has 0 saturated carbocycles. The third-order valence-corrected chi connectivity index (χ3v) is 4.14. The van der Waals surface area contributed by atoms with Crippen LogP contribution in [0.1, 0.15) is 37.6 Å².